The second-order valence-corrected chi connectivity index (χ2v) is 7.92. The number of hydrogen-bond donors (Lipinski definition) is 4. The molecule has 7 heteroatoms. The number of nitrogens with one attached hydrogen (secondary N) is 3. The Morgan fingerprint density at radius 1 is 1.09 bits per heavy atom. The quantitative estimate of drug-likeness (QED) is 0.438. The van der Waals surface area contributed by atoms with Gasteiger partial charge in [-0.05, 0) is 47.9 Å². The standard InChI is InChI=1S/C26H29N3O3.C2H5N/c1-18(21-14-7-11-19-9-3-5-12-22(19)21)29-26(32)23-13-6-4-10-20(23)17-25(31)28-16-8-15-24(30)27-2;1-2-3/h3,5,7-15,18H,4,6,16-17H2,1-2H3,(H,27,30)(H,28,31)(H,29,32);2H,1,3H2/b15-8+;. The van der Waals surface area contributed by atoms with Crippen LogP contribution in [0.15, 0.2) is 90.7 Å². The van der Waals surface area contributed by atoms with Gasteiger partial charge in [-0.25, -0.2) is 0 Å². The Kier molecular flexibility index (Phi) is 11.0. The van der Waals surface area contributed by atoms with E-state index in [0.29, 0.717) is 5.57 Å². The van der Waals surface area contributed by atoms with Gasteiger partial charge in [0.1, 0.15) is 0 Å². The fourth-order valence-electron chi connectivity index (χ4n) is 3.77. The summed E-state index contributed by atoms with van der Waals surface area (Å²) in [5.41, 5.74) is 6.95. The Hall–Kier alpha value is -4.13. The maximum absolute atomic E-state index is 13.1. The summed E-state index contributed by atoms with van der Waals surface area (Å²) < 4.78 is 0. The van der Waals surface area contributed by atoms with Gasteiger partial charge < -0.3 is 21.7 Å². The molecule has 0 saturated carbocycles. The number of rotatable bonds is 8. The Morgan fingerprint density at radius 2 is 1.77 bits per heavy atom. The van der Waals surface area contributed by atoms with Crippen molar-refractivity contribution in [3.8, 4) is 0 Å². The normalized spacial score (nSPS) is 13.5. The monoisotopic (exact) mass is 474 g/mol. The molecule has 1 atom stereocenters. The molecule has 2 aromatic carbocycles. The molecule has 0 aromatic heterocycles. The molecule has 1 aliphatic rings. The number of fused-ring (bicyclic) bond motifs is 1. The summed E-state index contributed by atoms with van der Waals surface area (Å²) in [5.74, 6) is -0.597. The van der Waals surface area contributed by atoms with E-state index < -0.39 is 0 Å². The van der Waals surface area contributed by atoms with Gasteiger partial charge in [-0.3, -0.25) is 14.4 Å². The van der Waals surface area contributed by atoms with Crippen molar-refractivity contribution in [2.45, 2.75) is 32.2 Å². The number of carbonyl (C=O) groups excluding carboxylic acids is 3. The second kappa shape index (κ2) is 14.2. The van der Waals surface area contributed by atoms with Crippen molar-refractivity contribution in [1.29, 1.82) is 0 Å². The van der Waals surface area contributed by atoms with E-state index in [0.717, 1.165) is 34.8 Å². The van der Waals surface area contributed by atoms with E-state index in [4.69, 9.17) is 0 Å². The number of hydrogen-bond acceptors (Lipinski definition) is 4. The van der Waals surface area contributed by atoms with Gasteiger partial charge in [-0.2, -0.15) is 0 Å². The zero-order valence-electron chi connectivity index (χ0n) is 20.3. The van der Waals surface area contributed by atoms with Crippen molar-refractivity contribution < 1.29 is 14.4 Å². The van der Waals surface area contributed by atoms with Gasteiger partial charge in [0.2, 0.25) is 11.8 Å². The van der Waals surface area contributed by atoms with Gasteiger partial charge in [-0.1, -0.05) is 67.3 Å². The smallest absolute Gasteiger partial charge is 0.251 e. The SMILES string of the molecule is C=CN.CNC(=O)/C=C/CNC(=O)CC1=CCCC=C1C(=O)NC(C)c1cccc2ccccc12. The highest BCUT2D eigenvalue weighted by Gasteiger charge is 2.21. The lowest BCUT2D eigenvalue weighted by molar-refractivity contribution is -0.120. The molecule has 0 saturated heterocycles. The third-order valence-electron chi connectivity index (χ3n) is 5.42. The van der Waals surface area contributed by atoms with Crippen LogP contribution in [0.2, 0.25) is 0 Å². The zero-order chi connectivity index (χ0) is 25.6. The van der Waals surface area contributed by atoms with Crippen molar-refractivity contribution in [2.75, 3.05) is 13.6 Å². The highest BCUT2D eigenvalue weighted by Crippen LogP contribution is 2.26. The van der Waals surface area contributed by atoms with Crippen molar-refractivity contribution in [2.24, 2.45) is 5.73 Å². The molecule has 7 nitrogen and oxygen atoms in total. The Morgan fingerprint density at radius 3 is 2.51 bits per heavy atom. The Labute approximate surface area is 206 Å². The molecule has 3 rings (SSSR count). The first kappa shape index (κ1) is 27.1. The van der Waals surface area contributed by atoms with Gasteiger partial charge in [0, 0.05) is 25.2 Å². The Balaban J connectivity index is 0.00000137. The van der Waals surface area contributed by atoms with Gasteiger partial charge in [0.15, 0.2) is 0 Å². The highest BCUT2D eigenvalue weighted by molar-refractivity contribution is 6.00. The number of nitrogens with two attached hydrogens (primary N) is 1. The summed E-state index contributed by atoms with van der Waals surface area (Å²) in [6.45, 7) is 5.36. The van der Waals surface area contributed by atoms with Crippen LogP contribution in [0.4, 0.5) is 0 Å². The van der Waals surface area contributed by atoms with Gasteiger partial charge in [-0.15, -0.1) is 0 Å². The van der Waals surface area contributed by atoms with Crippen molar-refractivity contribution >= 4 is 28.5 Å². The summed E-state index contributed by atoms with van der Waals surface area (Å²) in [5, 5.41) is 10.6. The summed E-state index contributed by atoms with van der Waals surface area (Å²) in [6.07, 6.45) is 9.75. The van der Waals surface area contributed by atoms with Crippen molar-refractivity contribution in [3.05, 3.63) is 96.3 Å². The molecule has 184 valence electrons. The number of allylic oxidation sites excluding steroid dienone is 2. The van der Waals surface area contributed by atoms with Gasteiger partial charge in [0.25, 0.3) is 5.91 Å². The minimum absolute atomic E-state index is 0.121. The first-order valence-electron chi connectivity index (χ1n) is 11.6. The lowest BCUT2D eigenvalue weighted by Crippen LogP contribution is -2.31. The van der Waals surface area contributed by atoms with Crippen LogP contribution in [-0.4, -0.2) is 31.3 Å². The predicted molar refractivity (Wildman–Crippen MR) is 141 cm³/mol. The molecule has 5 N–H and O–H groups in total. The molecule has 0 spiro atoms. The first-order chi connectivity index (χ1) is 16.9. The third kappa shape index (κ3) is 8.30. The van der Waals surface area contributed by atoms with E-state index in [9.17, 15) is 14.4 Å². The van der Waals surface area contributed by atoms with Crippen LogP contribution in [0.5, 0.6) is 0 Å². The third-order valence-corrected chi connectivity index (χ3v) is 5.42. The number of likely N-dealkylation sites (N-methyl/N-ethyl adjacent to an activating group) is 1. The molecular weight excluding hydrogens is 440 g/mol. The fraction of sp³-hybridized carbons (Fsp3) is 0.250. The van der Waals surface area contributed by atoms with E-state index >= 15 is 0 Å². The zero-order valence-corrected chi connectivity index (χ0v) is 20.3. The largest absolute Gasteiger partial charge is 0.405 e. The van der Waals surface area contributed by atoms with Gasteiger partial charge in [0.05, 0.1) is 12.5 Å². The Bertz CT molecular complexity index is 1140. The van der Waals surface area contributed by atoms with E-state index in [-0.39, 0.29) is 36.7 Å². The first-order valence-corrected chi connectivity index (χ1v) is 11.6. The number of amides is 3. The number of carbonyl (C=O) groups is 3. The number of benzene rings is 2. The summed E-state index contributed by atoms with van der Waals surface area (Å²) in [7, 11) is 1.54. The topological polar surface area (TPSA) is 113 Å². The molecule has 0 aliphatic heterocycles. The second-order valence-electron chi connectivity index (χ2n) is 7.92. The van der Waals surface area contributed by atoms with Crippen molar-refractivity contribution in [1.82, 2.24) is 16.0 Å². The summed E-state index contributed by atoms with van der Waals surface area (Å²) >= 11 is 0. The van der Waals surface area contributed by atoms with E-state index in [1.807, 2.05) is 43.3 Å². The van der Waals surface area contributed by atoms with Crippen LogP contribution in [0, 0.1) is 0 Å². The van der Waals surface area contributed by atoms with Crippen LogP contribution < -0.4 is 21.7 Å². The van der Waals surface area contributed by atoms with Crippen molar-refractivity contribution in [3.63, 3.8) is 0 Å². The highest BCUT2D eigenvalue weighted by atomic mass is 16.2. The maximum atomic E-state index is 13.1. The fourth-order valence-corrected chi connectivity index (χ4v) is 3.77. The molecule has 0 bridgehead atoms. The molecule has 3 amide bonds. The van der Waals surface area contributed by atoms with Crippen LogP contribution in [0.1, 0.15) is 37.8 Å². The minimum atomic E-state index is -0.226. The predicted octanol–water partition coefficient (Wildman–Crippen LogP) is 3.56. The maximum Gasteiger partial charge on any atom is 0.251 e. The molecule has 0 radical (unpaired) electrons. The molecular formula is C28H34N4O3. The molecule has 2 aromatic rings. The van der Waals surface area contributed by atoms with Gasteiger partial charge >= 0.3 is 0 Å². The average molecular weight is 475 g/mol. The average Bonchev–Trinajstić information content (AvgIpc) is 2.86. The summed E-state index contributed by atoms with van der Waals surface area (Å²) in [6, 6.07) is 14.0. The molecule has 1 unspecified atom stereocenters. The summed E-state index contributed by atoms with van der Waals surface area (Å²) in [4.78, 5) is 36.6. The van der Waals surface area contributed by atoms with Crippen LogP contribution in [0.3, 0.4) is 0 Å². The molecule has 35 heavy (non-hydrogen) atoms. The van der Waals surface area contributed by atoms with Crippen LogP contribution in [-0.2, 0) is 14.4 Å². The minimum Gasteiger partial charge on any atom is -0.405 e. The van der Waals surface area contributed by atoms with Crippen LogP contribution in [0.25, 0.3) is 10.8 Å². The molecule has 0 fully saturated rings. The molecule has 1 aliphatic carbocycles. The van der Waals surface area contributed by atoms with Crippen LogP contribution >= 0.6 is 0 Å². The lowest BCUT2D eigenvalue weighted by Gasteiger charge is -2.20. The lowest BCUT2D eigenvalue weighted by atomic mass is 9.93. The van der Waals surface area contributed by atoms with E-state index in [1.54, 1.807) is 13.1 Å². The van der Waals surface area contributed by atoms with E-state index in [2.05, 4.69) is 46.5 Å². The van der Waals surface area contributed by atoms with E-state index in [1.165, 1.54) is 12.3 Å². The molecule has 0 heterocycles.